The van der Waals surface area contributed by atoms with Gasteiger partial charge in [-0.15, -0.1) is 0 Å². The monoisotopic (exact) mass is 374 g/mol. The van der Waals surface area contributed by atoms with Crippen molar-refractivity contribution in [2.45, 2.75) is 19.3 Å². The highest BCUT2D eigenvalue weighted by molar-refractivity contribution is 6.31. The minimum Gasteiger partial charge on any atom is -0.497 e. The normalized spacial score (nSPS) is 14.0. The lowest BCUT2D eigenvalue weighted by atomic mass is 10.1. The highest BCUT2D eigenvalue weighted by Gasteiger charge is 2.19. The zero-order valence-corrected chi connectivity index (χ0v) is 15.8. The van der Waals surface area contributed by atoms with Gasteiger partial charge < -0.3 is 19.7 Å². The number of halogens is 1. The average molecular weight is 375 g/mol. The van der Waals surface area contributed by atoms with Crippen LogP contribution in [0.4, 0.5) is 11.4 Å². The lowest BCUT2D eigenvalue weighted by molar-refractivity contribution is 0.102. The number of methoxy groups -OCH3 is 2. The molecule has 0 aromatic heterocycles. The van der Waals surface area contributed by atoms with Gasteiger partial charge in [0.1, 0.15) is 11.5 Å². The molecule has 26 heavy (non-hydrogen) atoms. The number of anilines is 2. The predicted molar refractivity (Wildman–Crippen MR) is 105 cm³/mol. The molecule has 1 amide bonds. The quantitative estimate of drug-likeness (QED) is 0.830. The SMILES string of the molecule is COc1ccc(OC)c(C(=O)Nc2cc(Cl)ccc2N2CCCCC2)c1. The molecule has 0 unspecified atom stereocenters. The number of rotatable bonds is 5. The number of carbonyl (C=O) groups excluding carboxylic acids is 1. The highest BCUT2D eigenvalue weighted by Crippen LogP contribution is 2.32. The van der Waals surface area contributed by atoms with Gasteiger partial charge in [0.25, 0.3) is 5.91 Å². The Morgan fingerprint density at radius 3 is 2.50 bits per heavy atom. The Balaban J connectivity index is 1.91. The molecule has 3 rings (SSSR count). The second kappa shape index (κ2) is 8.32. The minimum absolute atomic E-state index is 0.263. The van der Waals surface area contributed by atoms with E-state index in [1.54, 1.807) is 31.4 Å². The van der Waals surface area contributed by atoms with Crippen molar-refractivity contribution < 1.29 is 14.3 Å². The van der Waals surface area contributed by atoms with Crippen molar-refractivity contribution in [2.75, 3.05) is 37.5 Å². The van der Waals surface area contributed by atoms with Crippen molar-refractivity contribution in [3.63, 3.8) is 0 Å². The second-order valence-electron chi connectivity index (χ2n) is 6.23. The van der Waals surface area contributed by atoms with E-state index >= 15 is 0 Å². The second-order valence-corrected chi connectivity index (χ2v) is 6.67. The van der Waals surface area contributed by atoms with Gasteiger partial charge >= 0.3 is 0 Å². The Labute approximate surface area is 158 Å². The van der Waals surface area contributed by atoms with Gasteiger partial charge in [0.2, 0.25) is 0 Å². The van der Waals surface area contributed by atoms with E-state index in [9.17, 15) is 4.79 Å². The molecule has 0 saturated carbocycles. The molecule has 1 aliphatic rings. The summed E-state index contributed by atoms with van der Waals surface area (Å²) in [4.78, 5) is 15.2. The Morgan fingerprint density at radius 2 is 1.81 bits per heavy atom. The molecule has 138 valence electrons. The van der Waals surface area contributed by atoms with Crippen molar-refractivity contribution >= 4 is 28.9 Å². The third-order valence-electron chi connectivity index (χ3n) is 4.55. The summed E-state index contributed by atoms with van der Waals surface area (Å²) in [7, 11) is 3.10. The van der Waals surface area contributed by atoms with Gasteiger partial charge in [-0.1, -0.05) is 11.6 Å². The van der Waals surface area contributed by atoms with E-state index in [4.69, 9.17) is 21.1 Å². The van der Waals surface area contributed by atoms with E-state index in [0.29, 0.717) is 27.8 Å². The predicted octanol–water partition coefficient (Wildman–Crippen LogP) is 4.60. The van der Waals surface area contributed by atoms with Crippen LogP contribution in [-0.4, -0.2) is 33.2 Å². The molecule has 1 saturated heterocycles. The molecule has 1 heterocycles. The molecule has 0 radical (unpaired) electrons. The van der Waals surface area contributed by atoms with Crippen LogP contribution in [0.2, 0.25) is 5.02 Å². The first-order chi connectivity index (χ1) is 12.6. The Hall–Kier alpha value is -2.40. The van der Waals surface area contributed by atoms with Crippen LogP contribution in [0, 0.1) is 0 Å². The van der Waals surface area contributed by atoms with Crippen molar-refractivity contribution in [1.82, 2.24) is 0 Å². The van der Waals surface area contributed by atoms with Crippen LogP contribution in [0.3, 0.4) is 0 Å². The fourth-order valence-electron chi connectivity index (χ4n) is 3.20. The largest absolute Gasteiger partial charge is 0.497 e. The highest BCUT2D eigenvalue weighted by atomic mass is 35.5. The molecule has 2 aromatic carbocycles. The molecule has 1 N–H and O–H groups in total. The lowest BCUT2D eigenvalue weighted by Gasteiger charge is -2.30. The third kappa shape index (κ3) is 4.05. The summed E-state index contributed by atoms with van der Waals surface area (Å²) in [5.41, 5.74) is 2.11. The summed E-state index contributed by atoms with van der Waals surface area (Å²) >= 11 is 6.18. The smallest absolute Gasteiger partial charge is 0.259 e. The molecule has 2 aromatic rings. The molecule has 0 spiro atoms. The summed E-state index contributed by atoms with van der Waals surface area (Å²) in [5, 5.41) is 3.57. The molecule has 6 heteroatoms. The summed E-state index contributed by atoms with van der Waals surface area (Å²) in [6, 6.07) is 10.8. The maximum absolute atomic E-state index is 12.9. The third-order valence-corrected chi connectivity index (χ3v) is 4.79. The number of hydrogen-bond acceptors (Lipinski definition) is 4. The van der Waals surface area contributed by atoms with E-state index < -0.39 is 0 Å². The number of ether oxygens (including phenoxy) is 2. The number of hydrogen-bond donors (Lipinski definition) is 1. The topological polar surface area (TPSA) is 50.8 Å². The van der Waals surface area contributed by atoms with Gasteiger partial charge in [-0.3, -0.25) is 4.79 Å². The van der Waals surface area contributed by atoms with E-state index in [1.165, 1.54) is 13.5 Å². The van der Waals surface area contributed by atoms with Crippen molar-refractivity contribution in [1.29, 1.82) is 0 Å². The van der Waals surface area contributed by atoms with E-state index in [2.05, 4.69) is 10.2 Å². The molecule has 1 fully saturated rings. The van der Waals surface area contributed by atoms with E-state index in [-0.39, 0.29) is 5.91 Å². The zero-order chi connectivity index (χ0) is 18.5. The van der Waals surface area contributed by atoms with Crippen molar-refractivity contribution in [3.05, 3.63) is 47.0 Å². The van der Waals surface area contributed by atoms with Crippen LogP contribution in [0.1, 0.15) is 29.6 Å². The van der Waals surface area contributed by atoms with Gasteiger partial charge in [-0.25, -0.2) is 0 Å². The maximum atomic E-state index is 12.9. The number of nitrogens with one attached hydrogen (secondary N) is 1. The molecular weight excluding hydrogens is 352 g/mol. The minimum atomic E-state index is -0.263. The number of amides is 1. The first-order valence-corrected chi connectivity index (χ1v) is 9.08. The summed E-state index contributed by atoms with van der Waals surface area (Å²) in [6.07, 6.45) is 3.55. The Morgan fingerprint density at radius 1 is 1.04 bits per heavy atom. The first-order valence-electron chi connectivity index (χ1n) is 8.70. The van der Waals surface area contributed by atoms with Crippen molar-refractivity contribution in [2.24, 2.45) is 0 Å². The van der Waals surface area contributed by atoms with Crippen LogP contribution in [0.15, 0.2) is 36.4 Å². The lowest BCUT2D eigenvalue weighted by Crippen LogP contribution is -2.30. The Kier molecular flexibility index (Phi) is 5.89. The van der Waals surface area contributed by atoms with E-state index in [1.807, 2.05) is 12.1 Å². The Bertz CT molecular complexity index is 789. The molecule has 0 atom stereocenters. The first kappa shape index (κ1) is 18.4. The van der Waals surface area contributed by atoms with Crippen LogP contribution in [-0.2, 0) is 0 Å². The molecule has 0 bridgehead atoms. The fraction of sp³-hybridized carbons (Fsp3) is 0.350. The van der Waals surface area contributed by atoms with Gasteiger partial charge in [0.15, 0.2) is 0 Å². The van der Waals surface area contributed by atoms with Gasteiger partial charge in [-0.05, 0) is 55.7 Å². The molecule has 5 nitrogen and oxygen atoms in total. The van der Waals surface area contributed by atoms with Gasteiger partial charge in [-0.2, -0.15) is 0 Å². The van der Waals surface area contributed by atoms with E-state index in [0.717, 1.165) is 31.6 Å². The molecule has 0 aliphatic carbocycles. The van der Waals surface area contributed by atoms with Gasteiger partial charge in [0.05, 0.1) is 31.2 Å². The molecular formula is C20H23ClN2O3. The van der Waals surface area contributed by atoms with Gasteiger partial charge in [0, 0.05) is 18.1 Å². The number of carbonyl (C=O) groups is 1. The fourth-order valence-corrected chi connectivity index (χ4v) is 3.37. The average Bonchev–Trinajstić information content (AvgIpc) is 2.68. The number of nitrogens with zero attached hydrogens (tertiary/aromatic N) is 1. The summed E-state index contributed by atoms with van der Waals surface area (Å²) in [6.45, 7) is 1.96. The van der Waals surface area contributed by atoms with Crippen LogP contribution >= 0.6 is 11.6 Å². The van der Waals surface area contributed by atoms with Crippen LogP contribution < -0.4 is 19.7 Å². The standard InChI is InChI=1S/C20H23ClN2O3/c1-25-15-7-9-19(26-2)16(13-15)20(24)22-17-12-14(21)6-8-18(17)23-10-4-3-5-11-23/h6-9,12-13H,3-5,10-11H2,1-2H3,(H,22,24). The molecule has 1 aliphatic heterocycles. The zero-order valence-electron chi connectivity index (χ0n) is 15.0. The van der Waals surface area contributed by atoms with Crippen molar-refractivity contribution in [3.8, 4) is 11.5 Å². The maximum Gasteiger partial charge on any atom is 0.259 e. The number of piperidine rings is 1. The number of benzene rings is 2. The summed E-state index contributed by atoms with van der Waals surface area (Å²) < 4.78 is 10.5. The summed E-state index contributed by atoms with van der Waals surface area (Å²) in [5.74, 6) is 0.824. The van der Waals surface area contributed by atoms with Crippen LogP contribution in [0.5, 0.6) is 11.5 Å². The van der Waals surface area contributed by atoms with Crippen LogP contribution in [0.25, 0.3) is 0 Å².